The van der Waals surface area contributed by atoms with Crippen LogP contribution in [0.2, 0.25) is 0 Å². The zero-order valence-corrected chi connectivity index (χ0v) is 10.2. The first-order valence-electron chi connectivity index (χ1n) is 6.02. The van der Waals surface area contributed by atoms with Crippen LogP contribution in [-0.4, -0.2) is 37.6 Å². The largest absolute Gasteiger partial charge is 0.316 e. The van der Waals surface area contributed by atoms with Gasteiger partial charge in [0.25, 0.3) is 0 Å². The lowest BCUT2D eigenvalue weighted by Crippen LogP contribution is -2.42. The second-order valence-corrected chi connectivity index (χ2v) is 5.32. The van der Waals surface area contributed by atoms with Gasteiger partial charge in [-0.15, -0.1) is 0 Å². The molecule has 2 saturated heterocycles. The molecule has 2 unspecified atom stereocenters. The van der Waals surface area contributed by atoms with Crippen molar-refractivity contribution in [3.63, 3.8) is 0 Å². The van der Waals surface area contributed by atoms with Gasteiger partial charge in [-0.05, 0) is 51.4 Å². The summed E-state index contributed by atoms with van der Waals surface area (Å²) in [5.74, 6) is 1.79. The van der Waals surface area contributed by atoms with E-state index in [0.717, 1.165) is 17.9 Å². The minimum atomic E-state index is 0.833. The Morgan fingerprint density at radius 3 is 2.43 bits per heavy atom. The highest BCUT2D eigenvalue weighted by atomic mass is 15.2. The molecule has 2 aliphatic heterocycles. The molecule has 2 aliphatic rings. The Hall–Kier alpha value is -0.0800. The number of fused-ring (bicyclic) bond motifs is 1. The zero-order valence-electron chi connectivity index (χ0n) is 10.2. The molecule has 0 bridgehead atoms. The molecule has 0 aliphatic carbocycles. The van der Waals surface area contributed by atoms with E-state index in [9.17, 15) is 0 Å². The van der Waals surface area contributed by atoms with Gasteiger partial charge in [0.2, 0.25) is 0 Å². The van der Waals surface area contributed by atoms with Crippen LogP contribution in [0.4, 0.5) is 0 Å². The highest BCUT2D eigenvalue weighted by Gasteiger charge is 2.32. The maximum atomic E-state index is 3.45. The quantitative estimate of drug-likeness (QED) is 0.640. The molecule has 84 valence electrons. The highest BCUT2D eigenvalue weighted by Crippen LogP contribution is 2.26. The summed E-state index contributed by atoms with van der Waals surface area (Å²) >= 11 is 0. The van der Waals surface area contributed by atoms with Gasteiger partial charge in [0.1, 0.15) is 0 Å². The standard InChI is InChI=1S/C8H16N2.C4H10/c1-10-5-3-7-6-9-4-2-8(7)10;1-4(2)3/h7-9H,2-6H2,1H3;4H,1-3H3. The predicted octanol–water partition coefficient (Wildman–Crippen LogP) is 1.96. The number of nitrogens with one attached hydrogen (secondary N) is 1. The lowest BCUT2D eigenvalue weighted by molar-refractivity contribution is 0.225. The van der Waals surface area contributed by atoms with Gasteiger partial charge < -0.3 is 10.2 Å². The maximum absolute atomic E-state index is 3.45. The van der Waals surface area contributed by atoms with Gasteiger partial charge in [0.15, 0.2) is 0 Å². The summed E-state index contributed by atoms with van der Waals surface area (Å²) in [6.07, 6.45) is 2.77. The summed E-state index contributed by atoms with van der Waals surface area (Å²) in [5, 5.41) is 3.45. The number of piperidine rings is 1. The molecule has 2 nitrogen and oxygen atoms in total. The lowest BCUT2D eigenvalue weighted by atomic mass is 9.94. The molecule has 2 rings (SSSR count). The van der Waals surface area contributed by atoms with Gasteiger partial charge in [-0.1, -0.05) is 20.8 Å². The van der Waals surface area contributed by atoms with Crippen LogP contribution in [0.1, 0.15) is 33.6 Å². The van der Waals surface area contributed by atoms with Crippen molar-refractivity contribution in [3.05, 3.63) is 0 Å². The van der Waals surface area contributed by atoms with Gasteiger partial charge in [0, 0.05) is 6.04 Å². The van der Waals surface area contributed by atoms with E-state index in [1.54, 1.807) is 0 Å². The van der Waals surface area contributed by atoms with E-state index >= 15 is 0 Å². The topological polar surface area (TPSA) is 15.3 Å². The predicted molar refractivity (Wildman–Crippen MR) is 62.5 cm³/mol. The first-order chi connectivity index (χ1) is 6.61. The van der Waals surface area contributed by atoms with Crippen molar-refractivity contribution in [2.45, 2.75) is 39.7 Å². The van der Waals surface area contributed by atoms with Gasteiger partial charge in [-0.2, -0.15) is 0 Å². The molecule has 0 aromatic heterocycles. The molecule has 14 heavy (non-hydrogen) atoms. The summed E-state index contributed by atoms with van der Waals surface area (Å²) in [4.78, 5) is 2.52. The Balaban J connectivity index is 0.000000213. The van der Waals surface area contributed by atoms with Gasteiger partial charge in [0.05, 0.1) is 0 Å². The number of nitrogens with zero attached hydrogens (tertiary/aromatic N) is 1. The average Bonchev–Trinajstić information content (AvgIpc) is 2.48. The van der Waals surface area contributed by atoms with Crippen LogP contribution in [-0.2, 0) is 0 Å². The van der Waals surface area contributed by atoms with Gasteiger partial charge >= 0.3 is 0 Å². The van der Waals surface area contributed by atoms with E-state index in [2.05, 4.69) is 38.0 Å². The van der Waals surface area contributed by atoms with Crippen LogP contribution >= 0.6 is 0 Å². The fourth-order valence-corrected chi connectivity index (χ4v) is 2.32. The Morgan fingerprint density at radius 1 is 1.21 bits per heavy atom. The molecular weight excluding hydrogens is 172 g/mol. The van der Waals surface area contributed by atoms with Crippen LogP contribution in [0.3, 0.4) is 0 Å². The van der Waals surface area contributed by atoms with Crippen molar-refractivity contribution in [1.82, 2.24) is 10.2 Å². The van der Waals surface area contributed by atoms with Gasteiger partial charge in [-0.25, -0.2) is 0 Å². The fraction of sp³-hybridized carbons (Fsp3) is 1.00. The van der Waals surface area contributed by atoms with E-state index in [1.807, 2.05) is 0 Å². The smallest absolute Gasteiger partial charge is 0.0145 e. The van der Waals surface area contributed by atoms with Crippen molar-refractivity contribution < 1.29 is 0 Å². The van der Waals surface area contributed by atoms with Crippen molar-refractivity contribution in [1.29, 1.82) is 0 Å². The third-order valence-electron chi connectivity index (χ3n) is 2.99. The maximum Gasteiger partial charge on any atom is 0.0145 e. The molecule has 0 aromatic rings. The van der Waals surface area contributed by atoms with Crippen LogP contribution in [0.15, 0.2) is 0 Å². The number of hydrogen-bond donors (Lipinski definition) is 1. The summed E-state index contributed by atoms with van der Waals surface area (Å²) < 4.78 is 0. The fourth-order valence-electron chi connectivity index (χ4n) is 2.32. The molecule has 1 N–H and O–H groups in total. The second-order valence-electron chi connectivity index (χ2n) is 5.32. The van der Waals surface area contributed by atoms with E-state index < -0.39 is 0 Å². The summed E-state index contributed by atoms with van der Waals surface area (Å²) in [7, 11) is 2.26. The van der Waals surface area contributed by atoms with Crippen LogP contribution < -0.4 is 5.32 Å². The van der Waals surface area contributed by atoms with Crippen LogP contribution in [0.5, 0.6) is 0 Å². The van der Waals surface area contributed by atoms with Crippen molar-refractivity contribution in [2.75, 3.05) is 26.7 Å². The van der Waals surface area contributed by atoms with Crippen molar-refractivity contribution in [3.8, 4) is 0 Å². The van der Waals surface area contributed by atoms with Crippen LogP contribution in [0, 0.1) is 11.8 Å². The Labute approximate surface area is 89.1 Å². The molecule has 0 spiro atoms. The van der Waals surface area contributed by atoms with Crippen LogP contribution in [0.25, 0.3) is 0 Å². The summed E-state index contributed by atoms with van der Waals surface area (Å²) in [5.41, 5.74) is 0. The summed E-state index contributed by atoms with van der Waals surface area (Å²) in [6.45, 7) is 10.3. The molecule has 2 heteroatoms. The number of hydrogen-bond acceptors (Lipinski definition) is 2. The normalized spacial score (nSPS) is 32.4. The minimum Gasteiger partial charge on any atom is -0.316 e. The Bertz CT molecular complexity index is 152. The average molecular weight is 198 g/mol. The molecular formula is C12H26N2. The minimum absolute atomic E-state index is 0.833. The molecule has 2 heterocycles. The van der Waals surface area contributed by atoms with E-state index in [4.69, 9.17) is 0 Å². The highest BCUT2D eigenvalue weighted by molar-refractivity contribution is 4.89. The third kappa shape index (κ3) is 3.58. The molecule has 0 radical (unpaired) electrons. The Morgan fingerprint density at radius 2 is 1.86 bits per heavy atom. The zero-order chi connectivity index (χ0) is 10.6. The first kappa shape index (κ1) is 12.0. The molecule has 0 saturated carbocycles. The van der Waals surface area contributed by atoms with E-state index in [0.29, 0.717) is 0 Å². The van der Waals surface area contributed by atoms with Crippen molar-refractivity contribution in [2.24, 2.45) is 11.8 Å². The number of likely N-dealkylation sites (tertiary alicyclic amines) is 1. The molecule has 2 atom stereocenters. The van der Waals surface area contributed by atoms with Gasteiger partial charge in [-0.3, -0.25) is 0 Å². The SMILES string of the molecule is CC(C)C.CN1CCC2CNCCC21. The van der Waals surface area contributed by atoms with Crippen molar-refractivity contribution >= 4 is 0 Å². The second kappa shape index (κ2) is 5.72. The summed E-state index contributed by atoms with van der Waals surface area (Å²) in [6, 6.07) is 0.904. The monoisotopic (exact) mass is 198 g/mol. The van der Waals surface area contributed by atoms with E-state index in [-0.39, 0.29) is 0 Å². The third-order valence-corrected chi connectivity index (χ3v) is 2.99. The first-order valence-corrected chi connectivity index (χ1v) is 6.02. The lowest BCUT2D eigenvalue weighted by Gasteiger charge is -2.29. The molecule has 0 aromatic carbocycles. The molecule has 0 amide bonds. The Kier molecular flexibility index (Phi) is 4.90. The molecule has 2 fully saturated rings. The van der Waals surface area contributed by atoms with E-state index in [1.165, 1.54) is 32.5 Å². The number of rotatable bonds is 0.